The number of nitrogens with one attached hydrogen (secondary N) is 1. The summed E-state index contributed by atoms with van der Waals surface area (Å²) in [5.41, 5.74) is 0. The zero-order chi connectivity index (χ0) is 23.7. The molecule has 0 radical (unpaired) electrons. The van der Waals surface area contributed by atoms with E-state index in [-0.39, 0.29) is 23.5 Å². The van der Waals surface area contributed by atoms with Gasteiger partial charge < -0.3 is 5.32 Å². The summed E-state index contributed by atoms with van der Waals surface area (Å²) in [6.07, 6.45) is 17.6. The van der Waals surface area contributed by atoms with Crippen molar-refractivity contribution in [2.75, 3.05) is 18.8 Å². The molecular weight excluding hydrogens is 432 g/mol. The van der Waals surface area contributed by atoms with Crippen molar-refractivity contribution < 1.29 is 27.4 Å². The van der Waals surface area contributed by atoms with E-state index in [1.54, 1.807) is 0 Å². The first-order valence-corrected chi connectivity index (χ1v) is 13.7. The molecule has 0 saturated carbocycles. The second kappa shape index (κ2) is 16.8. The zero-order valence-corrected chi connectivity index (χ0v) is 20.0. The van der Waals surface area contributed by atoms with Crippen LogP contribution in [0, 0.1) is 0 Å². The van der Waals surface area contributed by atoms with E-state index in [0.717, 1.165) is 38.5 Å². The van der Waals surface area contributed by atoms with Crippen LogP contribution in [0.4, 0.5) is 0 Å². The first-order valence-electron chi connectivity index (χ1n) is 12.0. The van der Waals surface area contributed by atoms with Gasteiger partial charge in [-0.05, 0) is 19.3 Å². The van der Waals surface area contributed by atoms with Crippen LogP contribution in [0.15, 0.2) is 12.2 Å². The van der Waals surface area contributed by atoms with Crippen molar-refractivity contribution in [3.8, 4) is 0 Å². The van der Waals surface area contributed by atoms with Gasteiger partial charge >= 0.3 is 0 Å². The van der Waals surface area contributed by atoms with Crippen molar-refractivity contribution in [2.45, 2.75) is 96.3 Å². The smallest absolute Gasteiger partial charge is 0.264 e. The number of amides is 3. The standard InChI is InChI=1S/C23H40N2O6S/c26-21(24-18-14-19-25-22(27)16-17-23(25)28)15-12-10-8-6-4-2-1-3-5-7-9-11-13-20-32(29,30)31/h16-17H,1-15,18-20H2,(H,24,26)(H,29,30,31). The topological polar surface area (TPSA) is 121 Å². The van der Waals surface area contributed by atoms with E-state index < -0.39 is 10.1 Å². The van der Waals surface area contributed by atoms with Gasteiger partial charge in [-0.2, -0.15) is 8.42 Å². The number of nitrogens with zero attached hydrogens (tertiary/aromatic N) is 1. The highest BCUT2D eigenvalue weighted by molar-refractivity contribution is 7.85. The Morgan fingerprint density at radius 1 is 0.750 bits per heavy atom. The molecule has 32 heavy (non-hydrogen) atoms. The summed E-state index contributed by atoms with van der Waals surface area (Å²) in [5, 5.41) is 2.84. The van der Waals surface area contributed by atoms with Crippen LogP contribution in [0.25, 0.3) is 0 Å². The third-order valence-corrected chi connectivity index (χ3v) is 6.39. The minimum Gasteiger partial charge on any atom is -0.356 e. The summed E-state index contributed by atoms with van der Waals surface area (Å²) < 4.78 is 29.9. The van der Waals surface area contributed by atoms with Crippen LogP contribution in [0.3, 0.4) is 0 Å². The molecule has 0 aromatic heterocycles. The summed E-state index contributed by atoms with van der Waals surface area (Å²) in [4.78, 5) is 35.8. The van der Waals surface area contributed by atoms with Crippen molar-refractivity contribution in [1.29, 1.82) is 0 Å². The molecule has 0 aliphatic carbocycles. The molecule has 9 heteroatoms. The normalized spacial score (nSPS) is 13.8. The maximum absolute atomic E-state index is 11.8. The molecule has 0 aromatic carbocycles. The minimum absolute atomic E-state index is 0.0279. The monoisotopic (exact) mass is 472 g/mol. The van der Waals surface area contributed by atoms with Crippen LogP contribution >= 0.6 is 0 Å². The predicted molar refractivity (Wildman–Crippen MR) is 125 cm³/mol. The van der Waals surface area contributed by atoms with Crippen LogP contribution in [-0.2, 0) is 24.5 Å². The lowest BCUT2D eigenvalue weighted by atomic mass is 10.0. The van der Waals surface area contributed by atoms with Crippen LogP contribution in [0.5, 0.6) is 0 Å². The van der Waals surface area contributed by atoms with Crippen molar-refractivity contribution in [3.05, 3.63) is 12.2 Å². The first kappa shape index (κ1) is 28.3. The lowest BCUT2D eigenvalue weighted by molar-refractivity contribution is -0.136. The molecule has 0 unspecified atom stereocenters. The highest BCUT2D eigenvalue weighted by Gasteiger charge is 2.22. The second-order valence-corrected chi connectivity index (χ2v) is 10.1. The summed E-state index contributed by atoms with van der Waals surface area (Å²) in [5.74, 6) is -0.665. The Kier molecular flexibility index (Phi) is 14.9. The number of unbranched alkanes of at least 4 members (excludes halogenated alkanes) is 12. The summed E-state index contributed by atoms with van der Waals surface area (Å²) in [6.45, 7) is 0.808. The van der Waals surface area contributed by atoms with Gasteiger partial charge in [0.25, 0.3) is 21.9 Å². The van der Waals surface area contributed by atoms with Crippen LogP contribution in [-0.4, -0.2) is 54.4 Å². The number of hydrogen-bond donors (Lipinski definition) is 2. The van der Waals surface area contributed by atoms with Crippen LogP contribution in [0.1, 0.15) is 96.3 Å². The van der Waals surface area contributed by atoms with Crippen molar-refractivity contribution >= 4 is 27.8 Å². The molecule has 0 aromatic rings. The maximum atomic E-state index is 11.8. The molecule has 8 nitrogen and oxygen atoms in total. The van der Waals surface area contributed by atoms with E-state index in [9.17, 15) is 22.8 Å². The molecule has 1 heterocycles. The SMILES string of the molecule is O=C(CCCCCCCCCCCCCCCS(=O)(=O)O)NCCCN1C(=O)C=CC1=O. The largest absolute Gasteiger partial charge is 0.356 e. The second-order valence-electron chi connectivity index (χ2n) is 8.50. The van der Waals surface area contributed by atoms with E-state index in [1.165, 1.54) is 55.6 Å². The van der Waals surface area contributed by atoms with Gasteiger partial charge in [-0.3, -0.25) is 23.8 Å². The molecule has 1 aliphatic heterocycles. The fraction of sp³-hybridized carbons (Fsp3) is 0.783. The van der Waals surface area contributed by atoms with Gasteiger partial charge in [0.05, 0.1) is 5.75 Å². The van der Waals surface area contributed by atoms with Gasteiger partial charge in [-0.25, -0.2) is 0 Å². The Morgan fingerprint density at radius 2 is 1.19 bits per heavy atom. The quantitative estimate of drug-likeness (QED) is 0.158. The Hall–Kier alpha value is -1.74. The predicted octanol–water partition coefficient (Wildman–Crippen LogP) is 3.77. The summed E-state index contributed by atoms with van der Waals surface area (Å²) >= 11 is 0. The number of carbonyl (C=O) groups is 3. The molecule has 0 spiro atoms. The molecule has 1 aliphatic rings. The van der Waals surface area contributed by atoms with Crippen LogP contribution in [0.2, 0.25) is 0 Å². The van der Waals surface area contributed by atoms with Crippen molar-refractivity contribution in [3.63, 3.8) is 0 Å². The molecule has 2 N–H and O–H groups in total. The van der Waals surface area contributed by atoms with E-state index in [2.05, 4.69) is 5.32 Å². The Labute approximate surface area is 192 Å². The average molecular weight is 473 g/mol. The van der Waals surface area contributed by atoms with E-state index in [1.807, 2.05) is 0 Å². The van der Waals surface area contributed by atoms with Crippen molar-refractivity contribution in [1.82, 2.24) is 10.2 Å². The molecule has 184 valence electrons. The highest BCUT2D eigenvalue weighted by atomic mass is 32.2. The number of imide groups is 1. The third kappa shape index (κ3) is 15.1. The van der Waals surface area contributed by atoms with E-state index in [4.69, 9.17) is 4.55 Å². The van der Waals surface area contributed by atoms with Gasteiger partial charge in [0.15, 0.2) is 0 Å². The Balaban J connectivity index is 1.78. The zero-order valence-electron chi connectivity index (χ0n) is 19.2. The molecule has 0 bridgehead atoms. The molecule has 0 saturated heterocycles. The fourth-order valence-electron chi connectivity index (χ4n) is 3.72. The lowest BCUT2D eigenvalue weighted by Crippen LogP contribution is -2.33. The number of rotatable bonds is 20. The molecular formula is C23H40N2O6S. The first-order chi connectivity index (χ1) is 15.3. The van der Waals surface area contributed by atoms with E-state index in [0.29, 0.717) is 32.4 Å². The number of carbonyl (C=O) groups excluding carboxylic acids is 3. The Morgan fingerprint density at radius 3 is 1.66 bits per heavy atom. The van der Waals surface area contributed by atoms with Crippen molar-refractivity contribution in [2.24, 2.45) is 0 Å². The Bertz CT molecular complexity index is 687. The number of hydrogen-bond acceptors (Lipinski definition) is 5. The highest BCUT2D eigenvalue weighted by Crippen LogP contribution is 2.13. The van der Waals surface area contributed by atoms with E-state index >= 15 is 0 Å². The molecule has 0 atom stereocenters. The van der Waals surface area contributed by atoms with Gasteiger partial charge in [0.2, 0.25) is 5.91 Å². The van der Waals surface area contributed by atoms with Gasteiger partial charge in [0.1, 0.15) is 0 Å². The van der Waals surface area contributed by atoms with Gasteiger partial charge in [0, 0.05) is 31.7 Å². The molecule has 0 fully saturated rings. The van der Waals surface area contributed by atoms with Crippen LogP contribution < -0.4 is 5.32 Å². The summed E-state index contributed by atoms with van der Waals surface area (Å²) in [6, 6.07) is 0. The van der Waals surface area contributed by atoms with Gasteiger partial charge in [-0.1, -0.05) is 70.6 Å². The fourth-order valence-corrected chi connectivity index (χ4v) is 4.29. The average Bonchev–Trinajstić information content (AvgIpc) is 3.05. The van der Waals surface area contributed by atoms with Gasteiger partial charge in [-0.15, -0.1) is 0 Å². The maximum Gasteiger partial charge on any atom is 0.264 e. The lowest BCUT2D eigenvalue weighted by Gasteiger charge is -2.13. The molecule has 3 amide bonds. The third-order valence-electron chi connectivity index (χ3n) is 5.59. The summed E-state index contributed by atoms with van der Waals surface area (Å²) in [7, 11) is -3.80. The molecule has 1 rings (SSSR count). The minimum atomic E-state index is -3.80.